The van der Waals surface area contributed by atoms with Gasteiger partial charge in [-0.15, -0.1) is 0 Å². The topological polar surface area (TPSA) is 54.4 Å². The van der Waals surface area contributed by atoms with Gasteiger partial charge in [-0.3, -0.25) is 0 Å². The number of aliphatic hydroxyl groups excluding tert-OH is 1. The molecule has 3 nitrogen and oxygen atoms in total. The van der Waals surface area contributed by atoms with Crippen LogP contribution in [0, 0.1) is 12.7 Å². The van der Waals surface area contributed by atoms with Crippen LogP contribution in [0.5, 0.6) is 0 Å². The van der Waals surface area contributed by atoms with Crippen molar-refractivity contribution in [3.8, 4) is 0 Å². The molecule has 0 bridgehead atoms. The number of sulfone groups is 1. The average Bonchev–Trinajstić information content (AvgIpc) is 3.02. The van der Waals surface area contributed by atoms with Gasteiger partial charge in [-0.1, -0.05) is 0 Å². The Labute approximate surface area is 93.8 Å². The van der Waals surface area contributed by atoms with Crippen molar-refractivity contribution in [3.63, 3.8) is 0 Å². The number of hydrogen-bond donors (Lipinski definition) is 1. The summed E-state index contributed by atoms with van der Waals surface area (Å²) in [6.45, 7) is 1.15. The highest BCUT2D eigenvalue weighted by molar-refractivity contribution is 7.93. The molecule has 0 amide bonds. The summed E-state index contributed by atoms with van der Waals surface area (Å²) in [6.07, 6.45) is 0.949. The molecule has 1 saturated carbocycles. The first-order valence-corrected chi connectivity index (χ1v) is 6.53. The molecule has 0 aromatic heterocycles. The zero-order chi connectivity index (χ0) is 12.0. The molecule has 0 saturated heterocycles. The molecule has 0 spiro atoms. The Morgan fingerprint density at radius 1 is 1.44 bits per heavy atom. The second-order valence-corrected chi connectivity index (χ2v) is 6.60. The molecule has 1 aromatic carbocycles. The molecule has 5 heteroatoms. The van der Waals surface area contributed by atoms with E-state index in [-0.39, 0.29) is 11.5 Å². The van der Waals surface area contributed by atoms with E-state index in [9.17, 15) is 12.8 Å². The summed E-state index contributed by atoms with van der Waals surface area (Å²) in [6, 6.07) is 3.73. The van der Waals surface area contributed by atoms with Gasteiger partial charge < -0.3 is 5.11 Å². The lowest BCUT2D eigenvalue weighted by Crippen LogP contribution is -2.27. The first-order chi connectivity index (χ1) is 7.43. The van der Waals surface area contributed by atoms with Crippen molar-refractivity contribution in [2.75, 3.05) is 6.61 Å². The maximum Gasteiger partial charge on any atom is 0.186 e. The number of hydrogen-bond acceptors (Lipinski definition) is 3. The molecule has 0 atom stereocenters. The zero-order valence-corrected chi connectivity index (χ0v) is 9.72. The van der Waals surface area contributed by atoms with E-state index in [1.165, 1.54) is 19.1 Å². The third kappa shape index (κ3) is 1.55. The van der Waals surface area contributed by atoms with Gasteiger partial charge in [0, 0.05) is 0 Å². The maximum atomic E-state index is 13.0. The van der Waals surface area contributed by atoms with Gasteiger partial charge in [0.25, 0.3) is 0 Å². The van der Waals surface area contributed by atoms with Crippen LogP contribution in [-0.2, 0) is 9.84 Å². The van der Waals surface area contributed by atoms with E-state index in [0.29, 0.717) is 18.4 Å². The zero-order valence-electron chi connectivity index (χ0n) is 8.90. The second kappa shape index (κ2) is 3.53. The van der Waals surface area contributed by atoms with Crippen molar-refractivity contribution in [1.82, 2.24) is 0 Å². The Bertz CT molecular complexity index is 518. The highest BCUT2D eigenvalue weighted by Gasteiger charge is 2.54. The molecule has 1 fully saturated rings. The van der Waals surface area contributed by atoms with Crippen molar-refractivity contribution < 1.29 is 17.9 Å². The third-order valence-corrected chi connectivity index (χ3v) is 5.66. The summed E-state index contributed by atoms with van der Waals surface area (Å²) in [7, 11) is -3.53. The molecule has 0 heterocycles. The first kappa shape index (κ1) is 11.5. The summed E-state index contributed by atoms with van der Waals surface area (Å²) in [5.41, 5.74) is 0.301. The normalized spacial score (nSPS) is 18.4. The van der Waals surface area contributed by atoms with Crippen molar-refractivity contribution in [2.24, 2.45) is 0 Å². The molecule has 16 heavy (non-hydrogen) atoms. The van der Waals surface area contributed by atoms with E-state index in [1.807, 2.05) is 0 Å². The van der Waals surface area contributed by atoms with Crippen LogP contribution in [0.25, 0.3) is 0 Å². The SMILES string of the molecule is Cc1cc(S(=O)(=O)C2(CO)CC2)ccc1F. The number of rotatable bonds is 3. The second-order valence-electron chi connectivity index (χ2n) is 4.26. The standard InChI is InChI=1S/C11H13FO3S/c1-8-6-9(2-3-10(8)12)16(14,15)11(7-13)4-5-11/h2-3,6,13H,4-5,7H2,1H3. The van der Waals surface area contributed by atoms with Gasteiger partial charge in [-0.2, -0.15) is 0 Å². The predicted molar refractivity (Wildman–Crippen MR) is 57.4 cm³/mol. The van der Waals surface area contributed by atoms with Crippen LogP contribution in [0.2, 0.25) is 0 Å². The Kier molecular flexibility index (Phi) is 2.55. The van der Waals surface area contributed by atoms with Crippen molar-refractivity contribution >= 4 is 9.84 Å². The van der Waals surface area contributed by atoms with E-state index < -0.39 is 20.4 Å². The fourth-order valence-corrected chi connectivity index (χ4v) is 3.57. The van der Waals surface area contributed by atoms with Gasteiger partial charge in [-0.05, 0) is 43.5 Å². The van der Waals surface area contributed by atoms with Gasteiger partial charge in [0.05, 0.1) is 16.2 Å². The highest BCUT2D eigenvalue weighted by atomic mass is 32.2. The molecule has 0 aliphatic heterocycles. The quantitative estimate of drug-likeness (QED) is 0.818. The van der Waals surface area contributed by atoms with Crippen LogP contribution < -0.4 is 0 Å². The van der Waals surface area contributed by atoms with E-state index >= 15 is 0 Å². The van der Waals surface area contributed by atoms with Crippen molar-refractivity contribution in [3.05, 3.63) is 29.6 Å². The summed E-state index contributed by atoms with van der Waals surface area (Å²) in [5.74, 6) is -0.423. The van der Waals surface area contributed by atoms with Crippen LogP contribution in [0.3, 0.4) is 0 Å². The van der Waals surface area contributed by atoms with Crippen LogP contribution in [0.4, 0.5) is 4.39 Å². The molecular weight excluding hydrogens is 231 g/mol. The minimum absolute atomic E-state index is 0.0953. The molecule has 0 radical (unpaired) electrons. The molecule has 1 aliphatic carbocycles. The van der Waals surface area contributed by atoms with Crippen LogP contribution >= 0.6 is 0 Å². The maximum absolute atomic E-state index is 13.0. The van der Waals surface area contributed by atoms with Crippen LogP contribution in [0.1, 0.15) is 18.4 Å². The first-order valence-electron chi connectivity index (χ1n) is 5.05. The predicted octanol–water partition coefficient (Wildman–Crippen LogP) is 1.43. The Morgan fingerprint density at radius 3 is 2.50 bits per heavy atom. The molecule has 1 N–H and O–H groups in total. The molecular formula is C11H13FO3S. The summed E-state index contributed by atoms with van der Waals surface area (Å²) < 4.78 is 36.3. The van der Waals surface area contributed by atoms with Gasteiger partial charge >= 0.3 is 0 Å². The fraction of sp³-hybridized carbons (Fsp3) is 0.455. The van der Waals surface area contributed by atoms with E-state index in [0.717, 1.165) is 6.07 Å². The van der Waals surface area contributed by atoms with Crippen LogP contribution in [0.15, 0.2) is 23.1 Å². The van der Waals surface area contributed by atoms with Gasteiger partial charge in [0.1, 0.15) is 5.82 Å². The minimum Gasteiger partial charge on any atom is -0.395 e. The highest BCUT2D eigenvalue weighted by Crippen LogP contribution is 2.46. The lowest BCUT2D eigenvalue weighted by molar-refractivity contribution is 0.283. The number of benzene rings is 1. The summed E-state index contributed by atoms with van der Waals surface area (Å²) >= 11 is 0. The molecule has 0 unspecified atom stereocenters. The lowest BCUT2D eigenvalue weighted by atomic mass is 10.2. The van der Waals surface area contributed by atoms with E-state index in [2.05, 4.69) is 0 Å². The third-order valence-electron chi connectivity index (χ3n) is 3.11. The number of halogens is 1. The average molecular weight is 244 g/mol. The fourth-order valence-electron chi connectivity index (χ4n) is 1.69. The molecule has 1 aliphatic rings. The Hall–Kier alpha value is -0.940. The van der Waals surface area contributed by atoms with E-state index in [4.69, 9.17) is 5.11 Å². The van der Waals surface area contributed by atoms with Crippen molar-refractivity contribution in [2.45, 2.75) is 29.4 Å². The van der Waals surface area contributed by atoms with Crippen LogP contribution in [-0.4, -0.2) is 24.9 Å². The minimum atomic E-state index is -3.53. The smallest absolute Gasteiger partial charge is 0.186 e. The Morgan fingerprint density at radius 2 is 2.06 bits per heavy atom. The molecule has 2 rings (SSSR count). The summed E-state index contributed by atoms with van der Waals surface area (Å²) in [4.78, 5) is 0.0953. The lowest BCUT2D eigenvalue weighted by Gasteiger charge is -2.13. The summed E-state index contributed by atoms with van der Waals surface area (Å²) in [5, 5.41) is 9.12. The Balaban J connectivity index is 2.48. The van der Waals surface area contributed by atoms with E-state index in [1.54, 1.807) is 0 Å². The monoisotopic (exact) mass is 244 g/mol. The largest absolute Gasteiger partial charge is 0.395 e. The van der Waals surface area contributed by atoms with Gasteiger partial charge in [0.15, 0.2) is 9.84 Å². The van der Waals surface area contributed by atoms with Gasteiger partial charge in [0.2, 0.25) is 0 Å². The number of aliphatic hydroxyl groups is 1. The molecule has 88 valence electrons. The van der Waals surface area contributed by atoms with Crippen molar-refractivity contribution in [1.29, 1.82) is 0 Å². The molecule has 1 aromatic rings. The van der Waals surface area contributed by atoms with Gasteiger partial charge in [-0.25, -0.2) is 12.8 Å². The number of aryl methyl sites for hydroxylation is 1.